The van der Waals surface area contributed by atoms with Crippen molar-refractivity contribution < 1.29 is 0 Å². The van der Waals surface area contributed by atoms with Crippen LogP contribution in [-0.4, -0.2) is 17.4 Å². The van der Waals surface area contributed by atoms with Crippen molar-refractivity contribution in [1.29, 1.82) is 0 Å². The van der Waals surface area contributed by atoms with E-state index in [1.807, 2.05) is 11.9 Å². The third-order valence-electron chi connectivity index (χ3n) is 3.07. The summed E-state index contributed by atoms with van der Waals surface area (Å²) < 4.78 is 2.50. The van der Waals surface area contributed by atoms with E-state index in [-0.39, 0.29) is 0 Å². The van der Waals surface area contributed by atoms with Crippen LogP contribution < -0.4 is 0 Å². The van der Waals surface area contributed by atoms with Gasteiger partial charge in [0.15, 0.2) is 0 Å². The van der Waals surface area contributed by atoms with Crippen LogP contribution >= 0.6 is 11.9 Å². The molecule has 0 spiro atoms. The number of rotatable bonds is 3. The van der Waals surface area contributed by atoms with E-state index in [4.69, 9.17) is 0 Å². The summed E-state index contributed by atoms with van der Waals surface area (Å²) in [5, 5.41) is 0. The van der Waals surface area contributed by atoms with Crippen LogP contribution in [0.3, 0.4) is 0 Å². The van der Waals surface area contributed by atoms with Gasteiger partial charge in [-0.25, -0.2) is 4.31 Å². The highest BCUT2D eigenvalue weighted by molar-refractivity contribution is 7.97. The Balaban J connectivity index is 2.00. The van der Waals surface area contributed by atoms with Crippen LogP contribution in [0.2, 0.25) is 0 Å². The first-order valence-electron chi connectivity index (χ1n) is 6.28. The summed E-state index contributed by atoms with van der Waals surface area (Å²) in [4.78, 5) is 1.40. The second kappa shape index (κ2) is 5.74. The SMILES string of the molecule is CC(C)c1cccc(SN2CCCCC2)c1. The minimum absolute atomic E-state index is 0.627. The van der Waals surface area contributed by atoms with Gasteiger partial charge in [0.2, 0.25) is 0 Å². The molecule has 0 saturated carbocycles. The molecule has 1 aromatic carbocycles. The highest BCUT2D eigenvalue weighted by Gasteiger charge is 2.11. The average Bonchev–Trinajstić information content (AvgIpc) is 2.30. The average molecular weight is 235 g/mol. The first kappa shape index (κ1) is 12.0. The van der Waals surface area contributed by atoms with Crippen molar-refractivity contribution in [3.63, 3.8) is 0 Å². The molecule has 0 N–H and O–H groups in total. The van der Waals surface area contributed by atoms with E-state index in [1.165, 1.54) is 42.8 Å². The molecule has 2 rings (SSSR count). The van der Waals surface area contributed by atoms with E-state index in [2.05, 4.69) is 42.4 Å². The quantitative estimate of drug-likeness (QED) is 0.718. The smallest absolute Gasteiger partial charge is 0.0233 e. The van der Waals surface area contributed by atoms with Gasteiger partial charge in [0.1, 0.15) is 0 Å². The molecule has 0 aromatic heterocycles. The van der Waals surface area contributed by atoms with Gasteiger partial charge in [-0.15, -0.1) is 0 Å². The van der Waals surface area contributed by atoms with Crippen molar-refractivity contribution in [2.24, 2.45) is 0 Å². The van der Waals surface area contributed by atoms with Gasteiger partial charge < -0.3 is 0 Å². The van der Waals surface area contributed by atoms with Crippen molar-refractivity contribution >= 4 is 11.9 Å². The molecule has 88 valence electrons. The Morgan fingerprint density at radius 1 is 1.12 bits per heavy atom. The molecule has 2 heteroatoms. The molecule has 1 fully saturated rings. The molecular weight excluding hydrogens is 214 g/mol. The topological polar surface area (TPSA) is 3.24 Å². The van der Waals surface area contributed by atoms with E-state index < -0.39 is 0 Å². The van der Waals surface area contributed by atoms with E-state index in [0.717, 1.165) is 0 Å². The van der Waals surface area contributed by atoms with Gasteiger partial charge in [-0.05, 0) is 48.4 Å². The lowest BCUT2D eigenvalue weighted by molar-refractivity contribution is 0.380. The molecule has 1 aliphatic rings. The molecule has 1 saturated heterocycles. The number of benzene rings is 1. The highest BCUT2D eigenvalue weighted by atomic mass is 32.2. The Bertz CT molecular complexity index is 329. The maximum Gasteiger partial charge on any atom is 0.0233 e. The number of hydrogen-bond donors (Lipinski definition) is 0. The standard InChI is InChI=1S/C14H21NS/c1-12(2)13-7-6-8-14(11-13)16-15-9-4-3-5-10-15/h6-8,11-12H,3-5,9-10H2,1-2H3. The monoisotopic (exact) mass is 235 g/mol. The summed E-state index contributed by atoms with van der Waals surface area (Å²) >= 11 is 1.93. The van der Waals surface area contributed by atoms with Gasteiger partial charge in [-0.3, -0.25) is 0 Å². The maximum atomic E-state index is 2.50. The first-order chi connectivity index (χ1) is 7.75. The van der Waals surface area contributed by atoms with Crippen molar-refractivity contribution in [1.82, 2.24) is 4.31 Å². The van der Waals surface area contributed by atoms with Gasteiger partial charge in [-0.1, -0.05) is 32.4 Å². The number of hydrogen-bond acceptors (Lipinski definition) is 2. The van der Waals surface area contributed by atoms with Gasteiger partial charge in [0, 0.05) is 18.0 Å². The molecule has 0 radical (unpaired) electrons. The summed E-state index contributed by atoms with van der Waals surface area (Å²) in [5.41, 5.74) is 1.45. The molecule has 0 bridgehead atoms. The lowest BCUT2D eigenvalue weighted by atomic mass is 10.0. The fraction of sp³-hybridized carbons (Fsp3) is 0.571. The van der Waals surface area contributed by atoms with Gasteiger partial charge in [0.05, 0.1) is 0 Å². The minimum Gasteiger partial charge on any atom is -0.246 e. The Morgan fingerprint density at radius 2 is 1.88 bits per heavy atom. The molecule has 0 aliphatic carbocycles. The van der Waals surface area contributed by atoms with Crippen molar-refractivity contribution in [3.05, 3.63) is 29.8 Å². The number of nitrogens with zero attached hydrogens (tertiary/aromatic N) is 1. The summed E-state index contributed by atoms with van der Waals surface area (Å²) in [5.74, 6) is 0.627. The van der Waals surface area contributed by atoms with Gasteiger partial charge in [-0.2, -0.15) is 0 Å². The molecular formula is C14H21NS. The minimum atomic E-state index is 0.627. The van der Waals surface area contributed by atoms with Gasteiger partial charge >= 0.3 is 0 Å². The highest BCUT2D eigenvalue weighted by Crippen LogP contribution is 2.28. The fourth-order valence-corrected chi connectivity index (χ4v) is 3.10. The molecule has 0 atom stereocenters. The third kappa shape index (κ3) is 3.26. The maximum absolute atomic E-state index is 2.50. The van der Waals surface area contributed by atoms with Crippen LogP contribution in [0.15, 0.2) is 29.2 Å². The second-order valence-electron chi connectivity index (χ2n) is 4.81. The molecule has 1 aromatic rings. The van der Waals surface area contributed by atoms with E-state index in [9.17, 15) is 0 Å². The van der Waals surface area contributed by atoms with E-state index >= 15 is 0 Å². The molecule has 16 heavy (non-hydrogen) atoms. The summed E-state index contributed by atoms with van der Waals surface area (Å²) in [6, 6.07) is 8.97. The summed E-state index contributed by atoms with van der Waals surface area (Å²) in [6.07, 6.45) is 4.12. The van der Waals surface area contributed by atoms with Gasteiger partial charge in [0.25, 0.3) is 0 Å². The zero-order chi connectivity index (χ0) is 11.4. The lowest BCUT2D eigenvalue weighted by Crippen LogP contribution is -2.22. The first-order valence-corrected chi connectivity index (χ1v) is 7.06. The third-order valence-corrected chi connectivity index (χ3v) is 4.16. The predicted octanol–water partition coefficient (Wildman–Crippen LogP) is 4.30. The van der Waals surface area contributed by atoms with E-state index in [0.29, 0.717) is 5.92 Å². The largest absolute Gasteiger partial charge is 0.246 e. The van der Waals surface area contributed by atoms with Crippen LogP contribution in [-0.2, 0) is 0 Å². The molecule has 1 heterocycles. The normalized spacial score (nSPS) is 17.9. The van der Waals surface area contributed by atoms with Crippen LogP contribution in [0.25, 0.3) is 0 Å². The number of piperidine rings is 1. The zero-order valence-corrected chi connectivity index (χ0v) is 11.1. The second-order valence-corrected chi connectivity index (χ2v) is 5.98. The van der Waals surface area contributed by atoms with Crippen molar-refractivity contribution in [3.8, 4) is 0 Å². The Kier molecular flexibility index (Phi) is 4.30. The molecule has 1 nitrogen and oxygen atoms in total. The van der Waals surface area contributed by atoms with Crippen molar-refractivity contribution in [2.75, 3.05) is 13.1 Å². The molecule has 1 aliphatic heterocycles. The van der Waals surface area contributed by atoms with Crippen LogP contribution in [0.4, 0.5) is 0 Å². The Labute approximate surface area is 103 Å². The lowest BCUT2D eigenvalue weighted by Gasteiger charge is -2.25. The Hall–Kier alpha value is -0.470. The zero-order valence-electron chi connectivity index (χ0n) is 10.3. The van der Waals surface area contributed by atoms with E-state index in [1.54, 1.807) is 0 Å². The van der Waals surface area contributed by atoms with Crippen LogP contribution in [0, 0.1) is 0 Å². The predicted molar refractivity (Wildman–Crippen MR) is 71.8 cm³/mol. The van der Waals surface area contributed by atoms with Crippen molar-refractivity contribution in [2.45, 2.75) is 43.9 Å². The fourth-order valence-electron chi connectivity index (χ4n) is 2.04. The summed E-state index contributed by atoms with van der Waals surface area (Å²) in [6.45, 7) is 7.00. The van der Waals surface area contributed by atoms with Crippen LogP contribution in [0.1, 0.15) is 44.6 Å². The Morgan fingerprint density at radius 3 is 2.56 bits per heavy atom. The summed E-state index contributed by atoms with van der Waals surface area (Å²) in [7, 11) is 0. The molecule has 0 amide bonds. The van der Waals surface area contributed by atoms with Crippen LogP contribution in [0.5, 0.6) is 0 Å². The molecule has 0 unspecified atom stereocenters.